The van der Waals surface area contributed by atoms with E-state index in [0.717, 1.165) is 55.9 Å². The molecule has 0 spiro atoms. The van der Waals surface area contributed by atoms with Gasteiger partial charge in [-0.15, -0.1) is 0 Å². The standard InChI is InChI=1S/C40H26N4/c1-5-13-35-27(9-1)17-18-28-10-2-6-14-36(28)43(35)33-23-31-21-22-32-24-34(26-42-40(32)39(31)41-25-33)44-37-15-7-3-11-29(37)19-20-30-12-4-8-16-38(30)44/h1-26H. The van der Waals surface area contributed by atoms with Crippen molar-refractivity contribution >= 4 is 80.2 Å². The van der Waals surface area contributed by atoms with Crippen LogP contribution in [0.25, 0.3) is 46.1 Å². The van der Waals surface area contributed by atoms with E-state index in [9.17, 15) is 0 Å². The third-order valence-corrected chi connectivity index (χ3v) is 8.58. The van der Waals surface area contributed by atoms with Crippen LogP contribution in [-0.4, -0.2) is 9.97 Å². The van der Waals surface area contributed by atoms with Crippen molar-refractivity contribution in [2.24, 2.45) is 0 Å². The minimum atomic E-state index is 0.894. The van der Waals surface area contributed by atoms with E-state index >= 15 is 0 Å². The van der Waals surface area contributed by atoms with Crippen molar-refractivity contribution in [1.29, 1.82) is 0 Å². The summed E-state index contributed by atoms with van der Waals surface area (Å²) in [6.07, 6.45) is 12.7. The minimum Gasteiger partial charge on any atom is -0.308 e. The van der Waals surface area contributed by atoms with E-state index in [0.29, 0.717) is 0 Å². The van der Waals surface area contributed by atoms with Gasteiger partial charge in [0.25, 0.3) is 0 Å². The van der Waals surface area contributed by atoms with Gasteiger partial charge >= 0.3 is 0 Å². The van der Waals surface area contributed by atoms with Gasteiger partial charge in [0.2, 0.25) is 0 Å². The Balaban J connectivity index is 1.18. The van der Waals surface area contributed by atoms with Crippen LogP contribution in [-0.2, 0) is 0 Å². The lowest BCUT2D eigenvalue weighted by atomic mass is 10.1. The number of fused-ring (bicyclic) bond motifs is 7. The molecule has 2 aliphatic rings. The molecule has 0 N–H and O–H groups in total. The second-order valence-electron chi connectivity index (χ2n) is 11.2. The van der Waals surface area contributed by atoms with Gasteiger partial charge in [0.1, 0.15) is 0 Å². The Kier molecular flexibility index (Phi) is 5.47. The number of hydrogen-bond donors (Lipinski definition) is 0. The normalized spacial score (nSPS) is 13.2. The van der Waals surface area contributed by atoms with E-state index in [2.05, 4.69) is 155 Å². The monoisotopic (exact) mass is 562 g/mol. The molecule has 7 aromatic rings. The highest BCUT2D eigenvalue weighted by atomic mass is 15.2. The van der Waals surface area contributed by atoms with Crippen molar-refractivity contribution in [2.45, 2.75) is 0 Å². The first-order valence-corrected chi connectivity index (χ1v) is 14.8. The van der Waals surface area contributed by atoms with Crippen molar-refractivity contribution in [3.05, 3.63) is 156 Å². The van der Waals surface area contributed by atoms with Gasteiger partial charge in [-0.2, -0.15) is 0 Å². The quantitative estimate of drug-likeness (QED) is 0.196. The fraction of sp³-hybridized carbons (Fsp3) is 0. The molecule has 2 aliphatic heterocycles. The van der Waals surface area contributed by atoms with Crippen LogP contribution < -0.4 is 9.80 Å². The van der Waals surface area contributed by atoms with E-state index in [1.807, 2.05) is 12.4 Å². The van der Waals surface area contributed by atoms with Gasteiger partial charge in [-0.05, 0) is 58.7 Å². The Morgan fingerprint density at radius 2 is 0.682 bits per heavy atom. The molecule has 5 aromatic carbocycles. The lowest BCUT2D eigenvalue weighted by Crippen LogP contribution is -2.12. The van der Waals surface area contributed by atoms with Gasteiger partial charge in [0, 0.05) is 10.8 Å². The summed E-state index contributed by atoms with van der Waals surface area (Å²) in [6, 6.07) is 42.8. The molecule has 0 radical (unpaired) electrons. The summed E-state index contributed by atoms with van der Waals surface area (Å²) in [4.78, 5) is 14.7. The Labute approximate surface area is 255 Å². The van der Waals surface area contributed by atoms with Gasteiger partial charge in [0.05, 0.1) is 57.6 Å². The summed E-state index contributed by atoms with van der Waals surface area (Å²) in [7, 11) is 0. The summed E-state index contributed by atoms with van der Waals surface area (Å²) >= 11 is 0. The number of benzene rings is 5. The van der Waals surface area contributed by atoms with Gasteiger partial charge in [-0.1, -0.05) is 109 Å². The van der Waals surface area contributed by atoms with Gasteiger partial charge in [-0.3, -0.25) is 9.97 Å². The topological polar surface area (TPSA) is 32.3 Å². The summed E-state index contributed by atoms with van der Waals surface area (Å²) in [5.74, 6) is 0. The van der Waals surface area contributed by atoms with E-state index in [-0.39, 0.29) is 0 Å². The van der Waals surface area contributed by atoms with E-state index in [1.54, 1.807) is 0 Å². The zero-order valence-corrected chi connectivity index (χ0v) is 23.8. The Bertz CT molecular complexity index is 2050. The number of para-hydroxylation sites is 4. The Hall–Kier alpha value is -6.00. The molecular formula is C40H26N4. The molecule has 9 rings (SSSR count). The number of nitrogens with zero attached hydrogens (tertiary/aromatic N) is 4. The number of rotatable bonds is 2. The van der Waals surface area contributed by atoms with Crippen LogP contribution in [0.3, 0.4) is 0 Å². The molecule has 206 valence electrons. The summed E-state index contributed by atoms with van der Waals surface area (Å²) < 4.78 is 0. The fourth-order valence-electron chi connectivity index (χ4n) is 6.52. The molecular weight excluding hydrogens is 536 g/mol. The first kappa shape index (κ1) is 24.6. The van der Waals surface area contributed by atoms with Crippen molar-refractivity contribution in [2.75, 3.05) is 9.80 Å². The van der Waals surface area contributed by atoms with Crippen LogP contribution >= 0.6 is 0 Å². The molecule has 0 fully saturated rings. The second kappa shape index (κ2) is 9.79. The lowest BCUT2D eigenvalue weighted by Gasteiger charge is -2.27. The zero-order valence-electron chi connectivity index (χ0n) is 23.8. The zero-order chi connectivity index (χ0) is 29.0. The van der Waals surface area contributed by atoms with Gasteiger partial charge < -0.3 is 9.80 Å². The van der Waals surface area contributed by atoms with Crippen LogP contribution in [0.15, 0.2) is 134 Å². The highest BCUT2D eigenvalue weighted by Gasteiger charge is 2.22. The molecule has 0 atom stereocenters. The fourth-order valence-corrected chi connectivity index (χ4v) is 6.52. The van der Waals surface area contributed by atoms with Gasteiger partial charge in [0.15, 0.2) is 0 Å². The molecule has 4 nitrogen and oxygen atoms in total. The van der Waals surface area contributed by atoms with Crippen LogP contribution in [0.2, 0.25) is 0 Å². The SMILES string of the molecule is C1=Cc2ccccc2N(c2cnc3c(ccc4cc(N5c6ccccc6C=Cc6ccccc65)cnc43)c2)c2ccccc21. The largest absolute Gasteiger partial charge is 0.308 e. The van der Waals surface area contributed by atoms with Crippen molar-refractivity contribution < 1.29 is 0 Å². The maximum Gasteiger partial charge on any atom is 0.0966 e. The number of hydrogen-bond acceptors (Lipinski definition) is 4. The minimum absolute atomic E-state index is 0.894. The number of aromatic nitrogens is 2. The molecule has 2 aromatic heterocycles. The van der Waals surface area contributed by atoms with Crippen molar-refractivity contribution in [3.63, 3.8) is 0 Å². The molecule has 0 bridgehead atoms. The predicted octanol–water partition coefficient (Wildman–Crippen LogP) is 10.7. The van der Waals surface area contributed by atoms with E-state index in [4.69, 9.17) is 9.97 Å². The van der Waals surface area contributed by atoms with Crippen molar-refractivity contribution in [3.8, 4) is 0 Å². The maximum absolute atomic E-state index is 5.04. The third kappa shape index (κ3) is 3.85. The molecule has 0 aliphatic carbocycles. The Morgan fingerprint density at radius 1 is 0.364 bits per heavy atom. The van der Waals surface area contributed by atoms with Crippen molar-refractivity contribution in [1.82, 2.24) is 9.97 Å². The number of pyridine rings is 2. The molecule has 4 heteroatoms. The first-order chi connectivity index (χ1) is 21.8. The highest BCUT2D eigenvalue weighted by Crippen LogP contribution is 2.44. The molecule has 44 heavy (non-hydrogen) atoms. The van der Waals surface area contributed by atoms with Crippen LogP contribution in [0, 0.1) is 0 Å². The second-order valence-corrected chi connectivity index (χ2v) is 11.2. The molecule has 0 unspecified atom stereocenters. The molecule has 0 amide bonds. The lowest BCUT2D eigenvalue weighted by molar-refractivity contribution is 1.24. The molecule has 0 saturated carbocycles. The van der Waals surface area contributed by atoms with E-state index in [1.165, 1.54) is 22.3 Å². The van der Waals surface area contributed by atoms with Gasteiger partial charge in [-0.25, -0.2) is 0 Å². The maximum atomic E-state index is 5.04. The summed E-state index contributed by atoms with van der Waals surface area (Å²) in [5.41, 5.74) is 13.0. The smallest absolute Gasteiger partial charge is 0.0966 e. The Morgan fingerprint density at radius 3 is 1.02 bits per heavy atom. The van der Waals surface area contributed by atoms with E-state index < -0.39 is 0 Å². The average molecular weight is 563 g/mol. The summed E-state index contributed by atoms with van der Waals surface area (Å²) in [6.45, 7) is 0. The third-order valence-electron chi connectivity index (χ3n) is 8.58. The predicted molar refractivity (Wildman–Crippen MR) is 184 cm³/mol. The number of anilines is 6. The van der Waals surface area contributed by atoms with Crippen LogP contribution in [0.4, 0.5) is 34.1 Å². The first-order valence-electron chi connectivity index (χ1n) is 14.8. The molecule has 4 heterocycles. The summed E-state index contributed by atoms with van der Waals surface area (Å²) in [5, 5.41) is 2.11. The van der Waals surface area contributed by atoms with Crippen LogP contribution in [0.1, 0.15) is 22.3 Å². The van der Waals surface area contributed by atoms with Crippen LogP contribution in [0.5, 0.6) is 0 Å². The molecule has 0 saturated heterocycles. The average Bonchev–Trinajstić information content (AvgIpc) is 3.36. The highest BCUT2D eigenvalue weighted by molar-refractivity contribution is 6.06.